The van der Waals surface area contributed by atoms with Crippen LogP contribution in [0, 0.1) is 0 Å². The number of benzene rings is 7. The van der Waals surface area contributed by atoms with Crippen LogP contribution in [0.1, 0.15) is 0 Å². The van der Waals surface area contributed by atoms with Crippen LogP contribution in [0.5, 0.6) is 0 Å². The molecule has 3 heterocycles. The molecule has 0 unspecified atom stereocenters. The zero-order valence-electron chi connectivity index (χ0n) is 26.9. The summed E-state index contributed by atoms with van der Waals surface area (Å²) in [6.07, 6.45) is 3.87. The Morgan fingerprint density at radius 1 is 0.460 bits per heavy atom. The predicted octanol–water partition coefficient (Wildman–Crippen LogP) is 13.4. The number of anilines is 6. The summed E-state index contributed by atoms with van der Waals surface area (Å²) in [7, 11) is 0. The number of hydrogen-bond acceptors (Lipinski definition) is 5. The normalized spacial score (nSPS) is 11.6. The first-order valence-corrected chi connectivity index (χ1v) is 17.5. The van der Waals surface area contributed by atoms with Gasteiger partial charge in [0.1, 0.15) is 11.2 Å². The highest BCUT2D eigenvalue weighted by atomic mass is 32.1. The van der Waals surface area contributed by atoms with Crippen LogP contribution in [-0.4, -0.2) is 4.98 Å². The summed E-state index contributed by atoms with van der Waals surface area (Å²) in [6.45, 7) is 0. The molecule has 50 heavy (non-hydrogen) atoms. The molecule has 10 aromatic rings. The molecule has 0 amide bonds. The van der Waals surface area contributed by atoms with E-state index in [1.807, 2.05) is 35.9 Å². The van der Waals surface area contributed by atoms with Gasteiger partial charge in [0.05, 0.1) is 16.8 Å². The van der Waals surface area contributed by atoms with E-state index in [0.717, 1.165) is 56.1 Å². The average Bonchev–Trinajstić information content (AvgIpc) is 3.76. The highest BCUT2D eigenvalue weighted by Crippen LogP contribution is 2.51. The minimum absolute atomic E-state index is 0.863. The number of para-hydroxylation sites is 4. The number of furan rings is 1. The molecule has 3 aromatic heterocycles. The van der Waals surface area contributed by atoms with Gasteiger partial charge in [0.25, 0.3) is 0 Å². The van der Waals surface area contributed by atoms with Crippen molar-refractivity contribution in [2.24, 2.45) is 0 Å². The first kappa shape index (κ1) is 28.6. The molecule has 0 radical (unpaired) electrons. The third-order valence-corrected chi connectivity index (χ3v) is 10.7. The Bertz CT molecular complexity index is 2790. The third kappa shape index (κ3) is 4.55. The summed E-state index contributed by atoms with van der Waals surface area (Å²) >= 11 is 1.83. The van der Waals surface area contributed by atoms with Crippen LogP contribution in [0.4, 0.5) is 34.1 Å². The van der Waals surface area contributed by atoms with Crippen molar-refractivity contribution in [1.29, 1.82) is 0 Å². The van der Waals surface area contributed by atoms with Gasteiger partial charge in [0.2, 0.25) is 0 Å². The molecule has 4 nitrogen and oxygen atoms in total. The van der Waals surface area contributed by atoms with Gasteiger partial charge < -0.3 is 14.2 Å². The predicted molar refractivity (Wildman–Crippen MR) is 211 cm³/mol. The number of rotatable bonds is 6. The summed E-state index contributed by atoms with van der Waals surface area (Å²) in [5.74, 6) is 0. The van der Waals surface area contributed by atoms with Crippen LogP contribution >= 0.6 is 11.3 Å². The molecule has 10 rings (SSSR count). The molecule has 0 aliphatic carbocycles. The standard InChI is InChI=1S/C45H29N3OS/c1-4-13-31(14-5-1)47(32-15-6-2-7-16-32)39-27-34(28-42-44(39)36-24-23-30-25-26-46-29-37(30)45(36)50-42)48(33-17-8-3-9-18-33)38-20-12-22-41-43(38)35-19-10-11-21-40(35)49-41/h1-29H. The van der Waals surface area contributed by atoms with Gasteiger partial charge in [-0.2, -0.15) is 0 Å². The second kappa shape index (κ2) is 11.6. The van der Waals surface area contributed by atoms with Crippen LogP contribution in [0.25, 0.3) is 52.9 Å². The van der Waals surface area contributed by atoms with E-state index in [9.17, 15) is 0 Å². The number of fused-ring (bicyclic) bond motifs is 8. The van der Waals surface area contributed by atoms with Gasteiger partial charge in [0, 0.05) is 66.1 Å². The maximum atomic E-state index is 6.40. The minimum Gasteiger partial charge on any atom is -0.456 e. The number of aromatic nitrogens is 1. The first-order chi connectivity index (χ1) is 24.8. The quantitative estimate of drug-likeness (QED) is 0.178. The summed E-state index contributed by atoms with van der Waals surface area (Å²) < 4.78 is 8.84. The molecule has 0 spiro atoms. The van der Waals surface area contributed by atoms with E-state index in [1.54, 1.807) is 0 Å². The van der Waals surface area contributed by atoms with Crippen molar-refractivity contribution in [1.82, 2.24) is 4.98 Å². The Labute approximate surface area is 292 Å². The van der Waals surface area contributed by atoms with Crippen molar-refractivity contribution in [2.45, 2.75) is 0 Å². The Morgan fingerprint density at radius 2 is 1.10 bits per heavy atom. The Balaban J connectivity index is 1.34. The molecule has 236 valence electrons. The van der Waals surface area contributed by atoms with E-state index < -0.39 is 0 Å². The molecular formula is C45H29N3OS. The molecule has 0 N–H and O–H groups in total. The molecule has 0 saturated heterocycles. The molecule has 0 atom stereocenters. The number of thiophene rings is 1. The highest BCUT2D eigenvalue weighted by molar-refractivity contribution is 7.26. The van der Waals surface area contributed by atoms with E-state index in [1.165, 1.54) is 30.9 Å². The van der Waals surface area contributed by atoms with E-state index in [-0.39, 0.29) is 0 Å². The van der Waals surface area contributed by atoms with Crippen molar-refractivity contribution in [2.75, 3.05) is 9.80 Å². The first-order valence-electron chi connectivity index (χ1n) is 16.7. The van der Waals surface area contributed by atoms with Gasteiger partial charge in [-0.15, -0.1) is 11.3 Å². The van der Waals surface area contributed by atoms with Crippen LogP contribution in [0.2, 0.25) is 0 Å². The van der Waals surface area contributed by atoms with Crippen molar-refractivity contribution in [3.8, 4) is 0 Å². The van der Waals surface area contributed by atoms with Crippen molar-refractivity contribution >= 4 is 98.3 Å². The van der Waals surface area contributed by atoms with E-state index in [0.29, 0.717) is 0 Å². The molecular weight excluding hydrogens is 631 g/mol. The average molecular weight is 660 g/mol. The SMILES string of the molecule is c1ccc(N(c2cc(N(c3ccccc3)c3ccccc3)c3c(c2)sc2c4cnccc4ccc23)c2cccc3oc4ccccc4c23)cc1. The fraction of sp³-hybridized carbons (Fsp3) is 0. The van der Waals surface area contributed by atoms with Crippen LogP contribution < -0.4 is 9.80 Å². The fourth-order valence-corrected chi connectivity index (χ4v) is 8.60. The lowest BCUT2D eigenvalue weighted by molar-refractivity contribution is 0.669. The topological polar surface area (TPSA) is 32.5 Å². The van der Waals surface area contributed by atoms with Gasteiger partial charge in [0.15, 0.2) is 0 Å². The second-order valence-corrected chi connectivity index (χ2v) is 13.5. The van der Waals surface area contributed by atoms with E-state index >= 15 is 0 Å². The number of hydrogen-bond donors (Lipinski definition) is 0. The molecule has 7 aromatic carbocycles. The summed E-state index contributed by atoms with van der Waals surface area (Å²) in [4.78, 5) is 9.31. The zero-order valence-corrected chi connectivity index (χ0v) is 27.7. The largest absolute Gasteiger partial charge is 0.456 e. The van der Waals surface area contributed by atoms with Crippen molar-refractivity contribution in [3.63, 3.8) is 0 Å². The summed E-state index contributed by atoms with van der Waals surface area (Å²) in [5.41, 5.74) is 8.21. The Hall–Kier alpha value is -6.43. The van der Waals surface area contributed by atoms with Gasteiger partial charge in [-0.25, -0.2) is 0 Å². The van der Waals surface area contributed by atoms with Gasteiger partial charge in [-0.3, -0.25) is 4.98 Å². The number of pyridine rings is 1. The van der Waals surface area contributed by atoms with Gasteiger partial charge in [-0.1, -0.05) is 91.0 Å². The zero-order chi connectivity index (χ0) is 33.0. The van der Waals surface area contributed by atoms with Crippen molar-refractivity contribution < 1.29 is 4.42 Å². The lowest BCUT2D eigenvalue weighted by Gasteiger charge is -2.30. The smallest absolute Gasteiger partial charge is 0.137 e. The van der Waals surface area contributed by atoms with Crippen molar-refractivity contribution in [3.05, 3.63) is 176 Å². The summed E-state index contributed by atoms with van der Waals surface area (Å²) in [6, 6.07) is 58.0. The maximum absolute atomic E-state index is 6.40. The monoisotopic (exact) mass is 659 g/mol. The van der Waals surface area contributed by atoms with E-state index in [2.05, 4.69) is 166 Å². The maximum Gasteiger partial charge on any atom is 0.137 e. The van der Waals surface area contributed by atoms with Crippen LogP contribution in [0.15, 0.2) is 181 Å². The lowest BCUT2D eigenvalue weighted by Crippen LogP contribution is -2.13. The van der Waals surface area contributed by atoms with Crippen LogP contribution in [0.3, 0.4) is 0 Å². The van der Waals surface area contributed by atoms with Gasteiger partial charge >= 0.3 is 0 Å². The Kier molecular flexibility index (Phi) is 6.64. The highest BCUT2D eigenvalue weighted by Gasteiger charge is 2.25. The second-order valence-electron chi connectivity index (χ2n) is 12.4. The van der Waals surface area contributed by atoms with Gasteiger partial charge in [-0.05, 0) is 78.2 Å². The fourth-order valence-electron chi connectivity index (χ4n) is 7.32. The molecule has 0 aliphatic rings. The molecule has 5 heteroatoms. The Morgan fingerprint density at radius 3 is 1.82 bits per heavy atom. The van der Waals surface area contributed by atoms with Crippen LogP contribution in [-0.2, 0) is 0 Å². The minimum atomic E-state index is 0.863. The molecule has 0 saturated carbocycles. The molecule has 0 bridgehead atoms. The number of nitrogens with zero attached hydrogens (tertiary/aromatic N) is 3. The third-order valence-electron chi connectivity index (χ3n) is 9.48. The van der Waals surface area contributed by atoms with E-state index in [4.69, 9.17) is 4.42 Å². The lowest BCUT2D eigenvalue weighted by atomic mass is 10.0. The summed E-state index contributed by atoms with van der Waals surface area (Å²) in [5, 5.41) is 6.97. The molecule has 0 fully saturated rings. The molecule has 0 aliphatic heterocycles.